The number of halogens is 2. The molecule has 2 aliphatic rings. The molecule has 1 fully saturated rings. The number of thioether (sulfide) groups is 1. The van der Waals surface area contributed by atoms with Crippen LogP contribution in [0.1, 0.15) is 21.9 Å². The Hall–Kier alpha value is -2.65. The van der Waals surface area contributed by atoms with Crippen LogP contribution in [0.4, 0.5) is 5.69 Å². The molecule has 2 aliphatic heterocycles. The lowest BCUT2D eigenvalue weighted by atomic mass is 9.83. The second-order valence-corrected chi connectivity index (χ2v) is 12.2. The van der Waals surface area contributed by atoms with E-state index in [0.29, 0.717) is 17.3 Å². The Bertz CT molecular complexity index is 1530. The predicted octanol–water partition coefficient (Wildman–Crippen LogP) is 6.17. The van der Waals surface area contributed by atoms with Crippen molar-refractivity contribution in [3.8, 4) is 0 Å². The van der Waals surface area contributed by atoms with E-state index in [1.54, 1.807) is 28.8 Å². The highest BCUT2D eigenvalue weighted by Crippen LogP contribution is 2.54. The van der Waals surface area contributed by atoms with Crippen LogP contribution in [0.25, 0.3) is 0 Å². The minimum atomic E-state index is -0.634. The first-order valence-electron chi connectivity index (χ1n) is 11.3. The number of nitrogens with zero attached hydrogens (tertiary/aromatic N) is 2. The van der Waals surface area contributed by atoms with Gasteiger partial charge in [-0.3, -0.25) is 19.0 Å². The molecule has 3 atom stereocenters. The van der Waals surface area contributed by atoms with Crippen molar-refractivity contribution in [3.05, 3.63) is 114 Å². The molecule has 1 saturated heterocycles. The summed E-state index contributed by atoms with van der Waals surface area (Å²) < 4.78 is 2.60. The summed E-state index contributed by atoms with van der Waals surface area (Å²) in [5, 5.41) is 0.708. The van der Waals surface area contributed by atoms with Crippen molar-refractivity contribution in [1.29, 1.82) is 0 Å². The van der Waals surface area contributed by atoms with E-state index in [0.717, 1.165) is 36.8 Å². The summed E-state index contributed by atoms with van der Waals surface area (Å²) in [6, 6.07) is 24.3. The monoisotopic (exact) mass is 596 g/mol. The number of rotatable bonds is 4. The Kier molecular flexibility index (Phi) is 6.16. The Labute approximate surface area is 228 Å². The minimum absolute atomic E-state index is 0.0973. The lowest BCUT2D eigenvalue weighted by molar-refractivity contribution is -0.122. The van der Waals surface area contributed by atoms with Crippen molar-refractivity contribution in [2.75, 3.05) is 4.90 Å². The van der Waals surface area contributed by atoms with Gasteiger partial charge in [0.05, 0.1) is 23.2 Å². The average Bonchev–Trinajstić information content (AvgIpc) is 3.32. The van der Waals surface area contributed by atoms with Gasteiger partial charge in [0, 0.05) is 20.3 Å². The van der Waals surface area contributed by atoms with E-state index in [-0.39, 0.29) is 16.7 Å². The Balaban J connectivity index is 1.49. The van der Waals surface area contributed by atoms with Crippen LogP contribution in [0.3, 0.4) is 0 Å². The lowest BCUT2D eigenvalue weighted by Crippen LogP contribution is -2.32. The number of amides is 2. The van der Waals surface area contributed by atoms with Crippen LogP contribution in [0.2, 0.25) is 5.02 Å². The molecule has 6 rings (SSSR count). The van der Waals surface area contributed by atoms with Gasteiger partial charge >= 0.3 is 4.87 Å². The highest BCUT2D eigenvalue weighted by Gasteiger charge is 2.56. The molecule has 0 saturated carbocycles. The molecule has 0 bridgehead atoms. The molecule has 180 valence electrons. The number of fused-ring (bicyclic) bond motifs is 2. The first-order chi connectivity index (χ1) is 17.4. The fourth-order valence-electron chi connectivity index (χ4n) is 4.90. The van der Waals surface area contributed by atoms with Gasteiger partial charge in [-0.15, -0.1) is 0 Å². The molecule has 36 heavy (non-hydrogen) atoms. The van der Waals surface area contributed by atoms with Gasteiger partial charge in [0.2, 0.25) is 11.8 Å². The van der Waals surface area contributed by atoms with Crippen molar-refractivity contribution in [2.45, 2.75) is 22.7 Å². The predicted molar refractivity (Wildman–Crippen MR) is 147 cm³/mol. The van der Waals surface area contributed by atoms with Gasteiger partial charge in [0.15, 0.2) is 0 Å². The zero-order chi connectivity index (χ0) is 25.0. The van der Waals surface area contributed by atoms with Gasteiger partial charge in [-0.25, -0.2) is 4.90 Å². The van der Waals surface area contributed by atoms with Crippen LogP contribution in [-0.2, 0) is 16.1 Å². The highest BCUT2D eigenvalue weighted by atomic mass is 79.9. The standard InChI is InChI=1S/C27H18BrClN2O3S2/c28-17-8-12-19(13-9-17)31-24(32)21-20(16-6-10-18(29)11-7-16)23-26(35-22(21)25(31)33)30(27(34)36-23)14-15-4-2-1-3-5-15/h1-13,20-22H,14H2/t20-,21-,22-/m1/s1. The van der Waals surface area contributed by atoms with Gasteiger partial charge in [-0.2, -0.15) is 0 Å². The summed E-state index contributed by atoms with van der Waals surface area (Å²) in [7, 11) is 0. The van der Waals surface area contributed by atoms with Crippen LogP contribution in [0.5, 0.6) is 0 Å². The number of aromatic nitrogens is 1. The van der Waals surface area contributed by atoms with Crippen molar-refractivity contribution >= 4 is 68.1 Å². The maximum atomic E-state index is 13.9. The Morgan fingerprint density at radius 3 is 2.25 bits per heavy atom. The molecule has 4 aromatic rings. The fraction of sp³-hybridized carbons (Fsp3) is 0.148. The fourth-order valence-corrected chi connectivity index (χ4v) is 8.06. The van der Waals surface area contributed by atoms with Crippen LogP contribution < -0.4 is 9.77 Å². The molecule has 0 radical (unpaired) electrons. The zero-order valence-electron chi connectivity index (χ0n) is 18.6. The van der Waals surface area contributed by atoms with E-state index in [9.17, 15) is 14.4 Å². The second-order valence-electron chi connectivity index (χ2n) is 8.69. The number of thiazole rings is 1. The molecule has 0 unspecified atom stereocenters. The van der Waals surface area contributed by atoms with Crippen LogP contribution in [0.15, 0.2) is 93.2 Å². The smallest absolute Gasteiger partial charge is 0.289 e. The quantitative estimate of drug-likeness (QED) is 0.264. The van der Waals surface area contributed by atoms with Crippen molar-refractivity contribution in [2.24, 2.45) is 5.92 Å². The molecule has 9 heteroatoms. The molecule has 0 spiro atoms. The number of anilines is 1. The van der Waals surface area contributed by atoms with Gasteiger partial charge in [0.1, 0.15) is 5.25 Å². The summed E-state index contributed by atoms with van der Waals surface area (Å²) >= 11 is 12.1. The minimum Gasteiger partial charge on any atom is -0.289 e. The molecule has 0 N–H and O–H groups in total. The maximum absolute atomic E-state index is 13.9. The first kappa shape index (κ1) is 23.7. The number of hydrogen-bond acceptors (Lipinski definition) is 5. The van der Waals surface area contributed by atoms with E-state index in [1.165, 1.54) is 16.7 Å². The average molecular weight is 598 g/mol. The molecule has 0 aliphatic carbocycles. The molecular weight excluding hydrogens is 580 g/mol. The van der Waals surface area contributed by atoms with E-state index >= 15 is 0 Å². The molecule has 2 amide bonds. The third kappa shape index (κ3) is 3.96. The third-order valence-corrected chi connectivity index (χ3v) is 9.93. The zero-order valence-corrected chi connectivity index (χ0v) is 22.6. The van der Waals surface area contributed by atoms with Crippen LogP contribution in [0, 0.1) is 5.92 Å². The van der Waals surface area contributed by atoms with E-state index in [1.807, 2.05) is 54.6 Å². The number of hydrogen-bond donors (Lipinski definition) is 0. The second kappa shape index (κ2) is 9.34. The van der Waals surface area contributed by atoms with E-state index in [2.05, 4.69) is 15.9 Å². The van der Waals surface area contributed by atoms with Crippen molar-refractivity contribution in [1.82, 2.24) is 4.57 Å². The number of imide groups is 1. The highest BCUT2D eigenvalue weighted by molar-refractivity contribution is 9.10. The SMILES string of the molecule is O=C1[C@@H]2[C@@H](c3ccc(Cl)cc3)c3sc(=O)n(Cc4ccccc4)c3S[C@H]2C(=O)N1c1ccc(Br)cc1. The molecule has 3 heterocycles. The van der Waals surface area contributed by atoms with Gasteiger partial charge in [0.25, 0.3) is 0 Å². The van der Waals surface area contributed by atoms with Gasteiger partial charge < -0.3 is 0 Å². The van der Waals surface area contributed by atoms with Crippen molar-refractivity contribution < 1.29 is 9.59 Å². The third-order valence-electron chi connectivity index (χ3n) is 6.55. The van der Waals surface area contributed by atoms with E-state index in [4.69, 9.17) is 11.6 Å². The molecule has 3 aromatic carbocycles. The summed E-state index contributed by atoms with van der Waals surface area (Å²) in [6.45, 7) is 0.405. The lowest BCUT2D eigenvalue weighted by Gasteiger charge is -2.30. The number of carbonyl (C=O) groups is 2. The first-order valence-corrected chi connectivity index (χ1v) is 14.1. The number of carbonyl (C=O) groups excluding carboxylic acids is 2. The van der Waals surface area contributed by atoms with Gasteiger partial charge in [-0.1, -0.05) is 93.1 Å². The van der Waals surface area contributed by atoms with Crippen molar-refractivity contribution in [3.63, 3.8) is 0 Å². The molecular formula is C27H18BrClN2O3S2. The number of benzene rings is 3. The molecule has 5 nitrogen and oxygen atoms in total. The summed E-state index contributed by atoms with van der Waals surface area (Å²) in [6.07, 6.45) is 0. The summed E-state index contributed by atoms with van der Waals surface area (Å²) in [5.74, 6) is -1.55. The largest absolute Gasteiger partial charge is 0.308 e. The summed E-state index contributed by atoms with van der Waals surface area (Å²) in [5.41, 5.74) is 2.40. The normalized spacial score (nSPS) is 20.9. The topological polar surface area (TPSA) is 59.4 Å². The summed E-state index contributed by atoms with van der Waals surface area (Å²) in [4.78, 5) is 42.8. The van der Waals surface area contributed by atoms with Gasteiger partial charge in [-0.05, 0) is 47.5 Å². The molecule has 1 aromatic heterocycles. The van der Waals surface area contributed by atoms with E-state index < -0.39 is 17.1 Å². The van der Waals surface area contributed by atoms with Crippen LogP contribution in [-0.4, -0.2) is 21.6 Å². The maximum Gasteiger partial charge on any atom is 0.308 e. The van der Waals surface area contributed by atoms with Crippen LogP contribution >= 0.6 is 50.6 Å². The Morgan fingerprint density at radius 2 is 1.56 bits per heavy atom. The Morgan fingerprint density at radius 1 is 0.861 bits per heavy atom.